The maximum atomic E-state index is 12.6. The Morgan fingerprint density at radius 3 is 2.27 bits per heavy atom. The molecule has 0 aliphatic carbocycles. The van der Waals surface area contributed by atoms with Crippen LogP contribution in [0.4, 0.5) is 0 Å². The molecule has 2 aromatic rings. The van der Waals surface area contributed by atoms with Crippen molar-refractivity contribution in [2.24, 2.45) is 0 Å². The molecule has 2 aliphatic heterocycles. The van der Waals surface area contributed by atoms with Crippen molar-refractivity contribution in [2.45, 2.75) is 16.2 Å². The number of sulfonamides is 2. The molecule has 11 heteroatoms. The number of ether oxygens (including phenoxy) is 3. The van der Waals surface area contributed by atoms with E-state index in [2.05, 4.69) is 4.72 Å². The topological polar surface area (TPSA) is 111 Å². The normalized spacial score (nSPS) is 17.2. The molecule has 0 radical (unpaired) electrons. The zero-order valence-corrected chi connectivity index (χ0v) is 17.7. The molecule has 0 amide bonds. The minimum absolute atomic E-state index is 0.00844. The fourth-order valence-corrected chi connectivity index (χ4v) is 5.68. The molecule has 0 bridgehead atoms. The first-order chi connectivity index (χ1) is 14.4. The van der Waals surface area contributed by atoms with Gasteiger partial charge in [-0.2, -0.15) is 4.31 Å². The minimum Gasteiger partial charge on any atom is -0.454 e. The van der Waals surface area contributed by atoms with E-state index in [1.54, 1.807) is 6.07 Å². The molecule has 1 N–H and O–H groups in total. The molecule has 1 fully saturated rings. The summed E-state index contributed by atoms with van der Waals surface area (Å²) in [5.41, 5.74) is 0.911. The Morgan fingerprint density at radius 2 is 1.53 bits per heavy atom. The predicted molar refractivity (Wildman–Crippen MR) is 107 cm³/mol. The van der Waals surface area contributed by atoms with Crippen molar-refractivity contribution in [2.75, 3.05) is 39.6 Å². The van der Waals surface area contributed by atoms with Crippen molar-refractivity contribution in [1.29, 1.82) is 0 Å². The summed E-state index contributed by atoms with van der Waals surface area (Å²) in [5, 5.41) is 0. The van der Waals surface area contributed by atoms with Crippen molar-refractivity contribution in [3.8, 4) is 11.5 Å². The third-order valence-electron chi connectivity index (χ3n) is 4.88. The van der Waals surface area contributed by atoms with Gasteiger partial charge in [-0.25, -0.2) is 21.6 Å². The molecule has 0 saturated carbocycles. The van der Waals surface area contributed by atoms with Crippen LogP contribution in [-0.4, -0.2) is 60.8 Å². The molecule has 2 aliphatic rings. The van der Waals surface area contributed by atoms with Gasteiger partial charge in [-0.05, 0) is 48.4 Å². The van der Waals surface area contributed by atoms with Gasteiger partial charge in [0.1, 0.15) is 0 Å². The van der Waals surface area contributed by atoms with Gasteiger partial charge in [0.15, 0.2) is 11.5 Å². The fourth-order valence-electron chi connectivity index (χ4n) is 3.24. The average molecular weight is 455 g/mol. The van der Waals surface area contributed by atoms with Crippen LogP contribution in [0.1, 0.15) is 5.56 Å². The van der Waals surface area contributed by atoms with Crippen molar-refractivity contribution in [1.82, 2.24) is 9.03 Å². The van der Waals surface area contributed by atoms with Gasteiger partial charge in [-0.15, -0.1) is 0 Å². The Balaban J connectivity index is 1.39. The highest BCUT2D eigenvalue weighted by Crippen LogP contribution is 2.32. The number of morpholine rings is 1. The maximum absolute atomic E-state index is 12.6. The highest BCUT2D eigenvalue weighted by Gasteiger charge is 2.26. The quantitative estimate of drug-likeness (QED) is 0.663. The molecule has 4 rings (SSSR count). The van der Waals surface area contributed by atoms with Gasteiger partial charge in [0.05, 0.1) is 23.0 Å². The van der Waals surface area contributed by atoms with Gasteiger partial charge >= 0.3 is 0 Å². The van der Waals surface area contributed by atoms with Crippen LogP contribution in [0.5, 0.6) is 11.5 Å². The second-order valence-corrected chi connectivity index (χ2v) is 10.5. The van der Waals surface area contributed by atoms with Gasteiger partial charge in [0.2, 0.25) is 26.8 Å². The number of nitrogens with zero attached hydrogens (tertiary/aromatic N) is 1. The summed E-state index contributed by atoms with van der Waals surface area (Å²) in [5.74, 6) is 1.32. The van der Waals surface area contributed by atoms with Gasteiger partial charge in [0.25, 0.3) is 0 Å². The standard InChI is InChI=1S/C19H22N2O7S2/c22-29(23,20-8-7-15-1-6-18-19(13-15)28-14-27-18)16-2-4-17(5-3-16)30(24,25)21-9-11-26-12-10-21/h1-6,13,20H,7-12,14H2. The van der Waals surface area contributed by atoms with E-state index >= 15 is 0 Å². The molecule has 30 heavy (non-hydrogen) atoms. The van der Waals surface area contributed by atoms with Crippen LogP contribution >= 0.6 is 0 Å². The number of hydrogen-bond donors (Lipinski definition) is 1. The summed E-state index contributed by atoms with van der Waals surface area (Å²) < 4.78 is 70.0. The van der Waals surface area contributed by atoms with Crippen molar-refractivity contribution >= 4 is 20.0 Å². The molecule has 1 saturated heterocycles. The van der Waals surface area contributed by atoms with Gasteiger partial charge in [-0.3, -0.25) is 0 Å². The van der Waals surface area contributed by atoms with Crippen molar-refractivity contribution in [3.63, 3.8) is 0 Å². The molecule has 2 heterocycles. The van der Waals surface area contributed by atoms with Crippen LogP contribution in [0.25, 0.3) is 0 Å². The van der Waals surface area contributed by atoms with Gasteiger partial charge < -0.3 is 14.2 Å². The predicted octanol–water partition coefficient (Wildman–Crippen LogP) is 0.957. The second-order valence-electron chi connectivity index (χ2n) is 6.82. The Labute approximate surface area is 175 Å². The lowest BCUT2D eigenvalue weighted by Crippen LogP contribution is -2.40. The van der Waals surface area contributed by atoms with Crippen LogP contribution in [0.3, 0.4) is 0 Å². The Kier molecular flexibility index (Phi) is 5.98. The lowest BCUT2D eigenvalue weighted by molar-refractivity contribution is 0.0730. The summed E-state index contributed by atoms with van der Waals surface area (Å²) in [6.07, 6.45) is 0.472. The van der Waals surface area contributed by atoms with E-state index in [0.29, 0.717) is 31.1 Å². The first-order valence-corrected chi connectivity index (χ1v) is 12.3. The number of fused-ring (bicyclic) bond motifs is 1. The van der Waals surface area contributed by atoms with E-state index in [1.165, 1.54) is 28.6 Å². The highest BCUT2D eigenvalue weighted by atomic mass is 32.2. The van der Waals surface area contributed by atoms with E-state index in [0.717, 1.165) is 5.56 Å². The first kappa shape index (κ1) is 21.1. The second kappa shape index (κ2) is 8.52. The molecule has 9 nitrogen and oxygen atoms in total. The number of rotatable bonds is 7. The zero-order valence-electron chi connectivity index (χ0n) is 16.1. The van der Waals surface area contributed by atoms with Gasteiger partial charge in [-0.1, -0.05) is 6.07 Å². The Hall–Kier alpha value is -2.18. The maximum Gasteiger partial charge on any atom is 0.243 e. The van der Waals surface area contributed by atoms with Crippen molar-refractivity contribution < 1.29 is 31.0 Å². The number of hydrogen-bond acceptors (Lipinski definition) is 7. The summed E-state index contributed by atoms with van der Waals surface area (Å²) in [6.45, 7) is 1.63. The number of nitrogens with one attached hydrogen (secondary N) is 1. The van der Waals surface area contributed by atoms with Crippen molar-refractivity contribution in [3.05, 3.63) is 48.0 Å². The molecule has 2 aromatic carbocycles. The zero-order chi connectivity index (χ0) is 21.2. The summed E-state index contributed by atoms with van der Waals surface area (Å²) in [7, 11) is -7.43. The first-order valence-electron chi connectivity index (χ1n) is 9.42. The van der Waals surface area contributed by atoms with E-state index in [1.807, 2.05) is 12.1 Å². The summed E-state index contributed by atoms with van der Waals surface area (Å²) in [6, 6.07) is 10.7. The lowest BCUT2D eigenvalue weighted by atomic mass is 10.1. The molecule has 0 spiro atoms. The van der Waals surface area contributed by atoms with E-state index in [-0.39, 0.29) is 36.2 Å². The van der Waals surface area contributed by atoms with Crippen LogP contribution in [0, 0.1) is 0 Å². The van der Waals surface area contributed by atoms with Crippen LogP contribution in [-0.2, 0) is 31.2 Å². The van der Waals surface area contributed by atoms with E-state index in [4.69, 9.17) is 14.2 Å². The monoisotopic (exact) mass is 454 g/mol. The lowest BCUT2D eigenvalue weighted by Gasteiger charge is -2.26. The highest BCUT2D eigenvalue weighted by molar-refractivity contribution is 7.89. The SMILES string of the molecule is O=S(=O)(NCCc1ccc2c(c1)OCO2)c1ccc(S(=O)(=O)N2CCOCC2)cc1. The largest absolute Gasteiger partial charge is 0.454 e. The molecular formula is C19H22N2O7S2. The smallest absolute Gasteiger partial charge is 0.243 e. The third kappa shape index (κ3) is 4.44. The van der Waals surface area contributed by atoms with Crippen LogP contribution in [0.15, 0.2) is 52.3 Å². The summed E-state index contributed by atoms with van der Waals surface area (Å²) in [4.78, 5) is 0.0674. The molecule has 0 aromatic heterocycles. The summed E-state index contributed by atoms with van der Waals surface area (Å²) >= 11 is 0. The minimum atomic E-state index is -3.76. The molecule has 0 atom stereocenters. The Bertz CT molecular complexity index is 1110. The molecule has 0 unspecified atom stereocenters. The third-order valence-corrected chi connectivity index (χ3v) is 8.27. The average Bonchev–Trinajstić information content (AvgIpc) is 3.22. The van der Waals surface area contributed by atoms with E-state index < -0.39 is 20.0 Å². The van der Waals surface area contributed by atoms with E-state index in [9.17, 15) is 16.8 Å². The number of benzene rings is 2. The molecule has 162 valence electrons. The van der Waals surface area contributed by atoms with Gasteiger partial charge in [0, 0.05) is 19.6 Å². The van der Waals surface area contributed by atoms with Crippen LogP contribution < -0.4 is 14.2 Å². The molecular weight excluding hydrogens is 432 g/mol. The Morgan fingerprint density at radius 1 is 0.867 bits per heavy atom. The van der Waals surface area contributed by atoms with Crippen LogP contribution in [0.2, 0.25) is 0 Å². The fraction of sp³-hybridized carbons (Fsp3) is 0.368.